The van der Waals surface area contributed by atoms with Gasteiger partial charge in [0.1, 0.15) is 18.1 Å². The van der Waals surface area contributed by atoms with E-state index in [1.807, 2.05) is 43.3 Å². The summed E-state index contributed by atoms with van der Waals surface area (Å²) in [5.74, 6) is 6.60. The molecule has 4 rings (SSSR count). The Bertz CT molecular complexity index is 1030. The Morgan fingerprint density at radius 2 is 2.11 bits per heavy atom. The number of amides is 1. The fourth-order valence-corrected chi connectivity index (χ4v) is 3.28. The summed E-state index contributed by atoms with van der Waals surface area (Å²) < 4.78 is 11.5. The van der Waals surface area contributed by atoms with Crippen molar-refractivity contribution in [2.45, 2.75) is 20.0 Å². The average Bonchev–Trinajstić information content (AvgIpc) is 3.19. The van der Waals surface area contributed by atoms with Crippen molar-refractivity contribution >= 4 is 5.91 Å². The van der Waals surface area contributed by atoms with Gasteiger partial charge in [-0.3, -0.25) is 15.2 Å². The first kappa shape index (κ1) is 18.0. The van der Waals surface area contributed by atoms with Gasteiger partial charge in [-0.1, -0.05) is 12.1 Å². The number of hydrogen-bond acceptors (Lipinski definition) is 5. The van der Waals surface area contributed by atoms with Crippen LogP contribution in [0.4, 0.5) is 0 Å². The van der Waals surface area contributed by atoms with E-state index in [1.165, 1.54) is 5.56 Å². The van der Waals surface area contributed by atoms with Crippen LogP contribution in [0.25, 0.3) is 11.3 Å². The number of ether oxygens (including phenoxy) is 2. The van der Waals surface area contributed by atoms with E-state index in [1.54, 1.807) is 12.3 Å². The number of nitrogens with zero attached hydrogens (tertiary/aromatic N) is 1. The SMILES string of the molecule is Cc1cc(-c2cc(COc3ccc4c(c3)OCC4)ccn2)ccc1C(=O)NN. The Balaban J connectivity index is 1.50. The highest BCUT2D eigenvalue weighted by Crippen LogP contribution is 2.30. The zero-order valence-electron chi connectivity index (χ0n) is 15.6. The fraction of sp³-hybridized carbons (Fsp3) is 0.182. The van der Waals surface area contributed by atoms with Crippen LogP contribution in [0.2, 0.25) is 0 Å². The second-order valence-electron chi connectivity index (χ2n) is 6.71. The van der Waals surface area contributed by atoms with Crippen LogP contribution >= 0.6 is 0 Å². The van der Waals surface area contributed by atoms with Gasteiger partial charge < -0.3 is 9.47 Å². The predicted molar refractivity (Wildman–Crippen MR) is 106 cm³/mol. The zero-order valence-corrected chi connectivity index (χ0v) is 15.6. The minimum Gasteiger partial charge on any atom is -0.493 e. The van der Waals surface area contributed by atoms with E-state index in [0.29, 0.717) is 12.2 Å². The lowest BCUT2D eigenvalue weighted by molar-refractivity contribution is 0.0953. The number of carbonyl (C=O) groups excluding carboxylic acids is 1. The van der Waals surface area contributed by atoms with Crippen LogP contribution in [0.1, 0.15) is 27.0 Å². The minimum atomic E-state index is -0.308. The molecule has 0 radical (unpaired) electrons. The number of nitrogens with one attached hydrogen (secondary N) is 1. The monoisotopic (exact) mass is 375 g/mol. The van der Waals surface area contributed by atoms with E-state index in [0.717, 1.165) is 46.9 Å². The highest BCUT2D eigenvalue weighted by Gasteiger charge is 2.13. The zero-order chi connectivity index (χ0) is 19.5. The van der Waals surface area contributed by atoms with Crippen molar-refractivity contribution in [3.05, 3.63) is 77.0 Å². The third-order valence-corrected chi connectivity index (χ3v) is 4.80. The van der Waals surface area contributed by atoms with Crippen molar-refractivity contribution in [2.75, 3.05) is 6.61 Å². The number of fused-ring (bicyclic) bond motifs is 1. The van der Waals surface area contributed by atoms with E-state index in [-0.39, 0.29) is 5.91 Å². The number of nitrogens with two attached hydrogens (primary N) is 1. The van der Waals surface area contributed by atoms with Gasteiger partial charge in [0.05, 0.1) is 12.3 Å². The number of hydrazine groups is 1. The summed E-state index contributed by atoms with van der Waals surface area (Å²) in [6, 6.07) is 15.4. The van der Waals surface area contributed by atoms with Gasteiger partial charge in [-0.2, -0.15) is 0 Å². The van der Waals surface area contributed by atoms with Crippen LogP contribution < -0.4 is 20.7 Å². The summed E-state index contributed by atoms with van der Waals surface area (Å²) in [6.45, 7) is 3.04. The molecule has 142 valence electrons. The molecule has 0 unspecified atom stereocenters. The molecule has 0 spiro atoms. The molecule has 2 heterocycles. The third-order valence-electron chi connectivity index (χ3n) is 4.80. The molecular formula is C22H21N3O3. The Morgan fingerprint density at radius 3 is 2.93 bits per heavy atom. The number of benzene rings is 2. The average molecular weight is 375 g/mol. The van der Waals surface area contributed by atoms with Gasteiger partial charge in [0, 0.05) is 29.8 Å². The maximum atomic E-state index is 11.7. The van der Waals surface area contributed by atoms with Crippen LogP contribution in [-0.4, -0.2) is 17.5 Å². The van der Waals surface area contributed by atoms with Crippen LogP contribution in [-0.2, 0) is 13.0 Å². The van der Waals surface area contributed by atoms with Crippen LogP contribution in [0.3, 0.4) is 0 Å². The molecule has 3 aromatic rings. The Hall–Kier alpha value is -3.38. The number of aryl methyl sites for hydroxylation is 1. The summed E-state index contributed by atoms with van der Waals surface area (Å²) in [6.07, 6.45) is 2.71. The van der Waals surface area contributed by atoms with E-state index in [9.17, 15) is 4.79 Å². The lowest BCUT2D eigenvalue weighted by Gasteiger charge is -2.10. The lowest BCUT2D eigenvalue weighted by atomic mass is 10.0. The molecule has 3 N–H and O–H groups in total. The molecule has 1 aromatic heterocycles. The molecule has 28 heavy (non-hydrogen) atoms. The highest BCUT2D eigenvalue weighted by molar-refractivity contribution is 5.95. The van der Waals surface area contributed by atoms with Crippen molar-refractivity contribution in [3.63, 3.8) is 0 Å². The summed E-state index contributed by atoms with van der Waals surface area (Å²) >= 11 is 0. The quantitative estimate of drug-likeness (QED) is 0.406. The van der Waals surface area contributed by atoms with Crippen molar-refractivity contribution in [2.24, 2.45) is 5.84 Å². The number of hydrogen-bond donors (Lipinski definition) is 2. The Kier molecular flexibility index (Phi) is 4.95. The van der Waals surface area contributed by atoms with Gasteiger partial charge in [0.25, 0.3) is 5.91 Å². The van der Waals surface area contributed by atoms with Crippen molar-refractivity contribution in [1.29, 1.82) is 0 Å². The normalized spacial score (nSPS) is 12.2. The summed E-state index contributed by atoms with van der Waals surface area (Å²) in [5.41, 5.74) is 7.52. The van der Waals surface area contributed by atoms with Crippen molar-refractivity contribution in [3.8, 4) is 22.8 Å². The number of rotatable bonds is 5. The molecule has 6 heteroatoms. The topological polar surface area (TPSA) is 86.5 Å². The smallest absolute Gasteiger partial charge is 0.265 e. The van der Waals surface area contributed by atoms with Gasteiger partial charge in [-0.25, -0.2) is 5.84 Å². The number of nitrogen functional groups attached to an aromatic ring is 1. The van der Waals surface area contributed by atoms with Gasteiger partial charge in [-0.05, 0) is 53.9 Å². The van der Waals surface area contributed by atoms with Gasteiger partial charge in [-0.15, -0.1) is 0 Å². The standard InChI is InChI=1S/C22H21N3O3/c1-14-10-17(3-5-19(14)22(26)25-23)20-11-15(6-8-24-20)13-28-18-4-2-16-7-9-27-21(16)12-18/h2-6,8,10-12H,7,9,13,23H2,1H3,(H,25,26). The highest BCUT2D eigenvalue weighted by atomic mass is 16.5. The fourth-order valence-electron chi connectivity index (χ4n) is 3.28. The molecule has 0 atom stereocenters. The third kappa shape index (κ3) is 3.68. The Morgan fingerprint density at radius 1 is 1.21 bits per heavy atom. The minimum absolute atomic E-state index is 0.308. The second kappa shape index (κ2) is 7.70. The van der Waals surface area contributed by atoms with Crippen LogP contribution in [0, 0.1) is 6.92 Å². The lowest BCUT2D eigenvalue weighted by Crippen LogP contribution is -2.30. The second-order valence-corrected chi connectivity index (χ2v) is 6.71. The molecule has 1 amide bonds. The molecule has 0 saturated carbocycles. The van der Waals surface area contributed by atoms with Crippen LogP contribution in [0.15, 0.2) is 54.7 Å². The maximum Gasteiger partial charge on any atom is 0.265 e. The molecular weight excluding hydrogens is 354 g/mol. The van der Waals surface area contributed by atoms with Crippen LogP contribution in [0.5, 0.6) is 11.5 Å². The number of carbonyl (C=O) groups is 1. The first-order valence-corrected chi connectivity index (χ1v) is 9.09. The van der Waals surface area contributed by atoms with E-state index >= 15 is 0 Å². The molecule has 6 nitrogen and oxygen atoms in total. The van der Waals surface area contributed by atoms with Crippen molar-refractivity contribution in [1.82, 2.24) is 10.4 Å². The number of pyridine rings is 1. The number of aromatic nitrogens is 1. The molecule has 0 aliphatic carbocycles. The summed E-state index contributed by atoms with van der Waals surface area (Å²) in [4.78, 5) is 16.2. The van der Waals surface area contributed by atoms with Gasteiger partial charge >= 0.3 is 0 Å². The molecule has 1 aliphatic heterocycles. The first-order chi connectivity index (χ1) is 13.6. The van der Waals surface area contributed by atoms with E-state index in [4.69, 9.17) is 15.3 Å². The maximum absolute atomic E-state index is 11.7. The molecule has 1 aliphatic rings. The molecule has 0 bridgehead atoms. The summed E-state index contributed by atoms with van der Waals surface area (Å²) in [5, 5.41) is 0. The molecule has 0 saturated heterocycles. The summed E-state index contributed by atoms with van der Waals surface area (Å²) in [7, 11) is 0. The van der Waals surface area contributed by atoms with Gasteiger partial charge in [0.2, 0.25) is 0 Å². The van der Waals surface area contributed by atoms with Crippen molar-refractivity contribution < 1.29 is 14.3 Å². The Labute approximate surface area is 163 Å². The first-order valence-electron chi connectivity index (χ1n) is 9.09. The van der Waals surface area contributed by atoms with Gasteiger partial charge in [0.15, 0.2) is 0 Å². The predicted octanol–water partition coefficient (Wildman–Crippen LogP) is 3.17. The van der Waals surface area contributed by atoms with E-state index in [2.05, 4.69) is 16.5 Å². The largest absolute Gasteiger partial charge is 0.493 e. The molecule has 2 aromatic carbocycles. The van der Waals surface area contributed by atoms with E-state index < -0.39 is 0 Å². The molecule has 0 fully saturated rings.